The third-order valence-corrected chi connectivity index (χ3v) is 2.76. The van der Waals surface area contributed by atoms with Gasteiger partial charge in [0.2, 0.25) is 0 Å². The molecular weight excluding hydrogens is 368 g/mol. The van der Waals surface area contributed by atoms with Crippen LogP contribution < -0.4 is 10.2 Å². The molecule has 0 fully saturated rings. The zero-order valence-electron chi connectivity index (χ0n) is 12.5. The van der Waals surface area contributed by atoms with Crippen LogP contribution in [-0.2, 0) is 0 Å². The van der Waals surface area contributed by atoms with E-state index in [9.17, 15) is 19.8 Å². The SMILES string of the molecule is C=Cc1ccc(C(=O)[O-])cc1.C=Cc1ccc(C(=O)[O-])cc1.[Sr+2]. The molecule has 0 saturated carbocycles. The van der Waals surface area contributed by atoms with Gasteiger partial charge in [-0.3, -0.25) is 0 Å². The number of carbonyl (C=O) groups is 2. The normalized spacial score (nSPS) is 8.70. The molecule has 0 radical (unpaired) electrons. The first-order chi connectivity index (χ1) is 10.5. The maximum absolute atomic E-state index is 10.3. The first-order valence-electron chi connectivity index (χ1n) is 6.35. The van der Waals surface area contributed by atoms with Crippen LogP contribution >= 0.6 is 0 Å². The largest absolute Gasteiger partial charge is 2.00 e. The Kier molecular flexibility index (Phi) is 10.2. The van der Waals surface area contributed by atoms with Gasteiger partial charge in [0.25, 0.3) is 0 Å². The molecule has 112 valence electrons. The van der Waals surface area contributed by atoms with Crippen LogP contribution in [0.4, 0.5) is 0 Å². The summed E-state index contributed by atoms with van der Waals surface area (Å²) >= 11 is 0. The molecule has 2 aromatic rings. The van der Waals surface area contributed by atoms with Crippen molar-refractivity contribution in [2.75, 3.05) is 0 Å². The summed E-state index contributed by atoms with van der Waals surface area (Å²) in [5.74, 6) is -2.30. The number of hydrogen-bond acceptors (Lipinski definition) is 4. The summed E-state index contributed by atoms with van der Waals surface area (Å²) in [7, 11) is 0. The van der Waals surface area contributed by atoms with Crippen LogP contribution in [0.5, 0.6) is 0 Å². The fourth-order valence-corrected chi connectivity index (χ4v) is 1.51. The van der Waals surface area contributed by atoms with Gasteiger partial charge >= 0.3 is 45.5 Å². The third kappa shape index (κ3) is 7.43. The van der Waals surface area contributed by atoms with Gasteiger partial charge in [0.15, 0.2) is 0 Å². The van der Waals surface area contributed by atoms with Crippen LogP contribution in [0, 0.1) is 0 Å². The van der Waals surface area contributed by atoms with Crippen molar-refractivity contribution < 1.29 is 19.8 Å². The van der Waals surface area contributed by atoms with Crippen molar-refractivity contribution in [1.29, 1.82) is 0 Å². The van der Waals surface area contributed by atoms with E-state index in [2.05, 4.69) is 13.2 Å². The van der Waals surface area contributed by atoms with E-state index in [1.54, 1.807) is 36.4 Å². The molecule has 2 aromatic carbocycles. The molecule has 0 N–H and O–H groups in total. The number of hydrogen-bond donors (Lipinski definition) is 0. The molecule has 4 nitrogen and oxygen atoms in total. The van der Waals surface area contributed by atoms with Crippen molar-refractivity contribution >= 4 is 69.6 Å². The van der Waals surface area contributed by atoms with Crippen LogP contribution in [0.25, 0.3) is 12.2 Å². The minimum Gasteiger partial charge on any atom is -0.545 e. The van der Waals surface area contributed by atoms with E-state index in [-0.39, 0.29) is 56.6 Å². The van der Waals surface area contributed by atoms with E-state index in [0.717, 1.165) is 11.1 Å². The second kappa shape index (κ2) is 11.0. The molecule has 0 aliphatic rings. The molecule has 0 aromatic heterocycles. The summed E-state index contributed by atoms with van der Waals surface area (Å²) in [6.07, 6.45) is 3.30. The quantitative estimate of drug-likeness (QED) is 0.740. The number of carbonyl (C=O) groups excluding carboxylic acids is 2. The molecule has 0 spiro atoms. The van der Waals surface area contributed by atoms with Gasteiger partial charge in [-0.1, -0.05) is 73.8 Å². The van der Waals surface area contributed by atoms with Gasteiger partial charge < -0.3 is 19.8 Å². The van der Waals surface area contributed by atoms with Crippen molar-refractivity contribution in [2.24, 2.45) is 0 Å². The Bertz CT molecular complexity index is 612. The van der Waals surface area contributed by atoms with Crippen LogP contribution in [0.15, 0.2) is 61.7 Å². The average Bonchev–Trinajstić information content (AvgIpc) is 2.55. The standard InChI is InChI=1S/2C9H8O2.Sr/c2*1-2-7-3-5-8(6-4-7)9(10)11;/h2*2-6H,1H2,(H,10,11);/q;;+2/p-2. The Hall–Kier alpha value is -1.66. The predicted molar refractivity (Wildman–Crippen MR) is 87.5 cm³/mol. The Labute approximate surface area is 172 Å². The monoisotopic (exact) mass is 382 g/mol. The summed E-state index contributed by atoms with van der Waals surface area (Å²) in [6.45, 7) is 7.08. The fraction of sp³-hybridized carbons (Fsp3) is 0. The Morgan fingerprint density at radius 3 is 1.13 bits per heavy atom. The zero-order valence-corrected chi connectivity index (χ0v) is 16.0. The fourth-order valence-electron chi connectivity index (χ4n) is 1.51. The van der Waals surface area contributed by atoms with Gasteiger partial charge in [0.1, 0.15) is 0 Å². The number of carboxylic acids is 2. The zero-order chi connectivity index (χ0) is 16.5. The van der Waals surface area contributed by atoms with Gasteiger partial charge in [0, 0.05) is 0 Å². The van der Waals surface area contributed by atoms with Crippen molar-refractivity contribution in [3.05, 3.63) is 83.9 Å². The number of rotatable bonds is 4. The molecule has 0 atom stereocenters. The van der Waals surface area contributed by atoms with E-state index in [4.69, 9.17) is 0 Å². The molecule has 23 heavy (non-hydrogen) atoms. The second-order valence-electron chi connectivity index (χ2n) is 4.23. The van der Waals surface area contributed by atoms with Gasteiger partial charge in [-0.15, -0.1) is 0 Å². The summed E-state index contributed by atoms with van der Waals surface area (Å²) < 4.78 is 0. The Morgan fingerprint density at radius 1 is 0.696 bits per heavy atom. The Morgan fingerprint density at radius 2 is 0.957 bits per heavy atom. The first kappa shape index (κ1) is 21.3. The first-order valence-corrected chi connectivity index (χ1v) is 6.35. The number of carboxylic acid groups (broad SMARTS) is 2. The summed E-state index contributed by atoms with van der Waals surface area (Å²) in [4.78, 5) is 20.5. The molecule has 0 aliphatic heterocycles. The van der Waals surface area contributed by atoms with Crippen molar-refractivity contribution in [3.8, 4) is 0 Å². The van der Waals surface area contributed by atoms with E-state index >= 15 is 0 Å². The molecule has 0 amide bonds. The summed E-state index contributed by atoms with van der Waals surface area (Å²) in [6, 6.07) is 12.7. The smallest absolute Gasteiger partial charge is 0.545 e. The maximum atomic E-state index is 10.3. The molecule has 0 bridgehead atoms. The maximum Gasteiger partial charge on any atom is 2.00 e. The molecule has 0 saturated heterocycles. The minimum absolute atomic E-state index is 0. The number of benzene rings is 2. The van der Waals surface area contributed by atoms with Crippen LogP contribution in [0.1, 0.15) is 31.8 Å². The average molecular weight is 382 g/mol. The van der Waals surface area contributed by atoms with E-state index in [1.807, 2.05) is 0 Å². The molecule has 0 unspecified atom stereocenters. The summed E-state index contributed by atoms with van der Waals surface area (Å²) in [5, 5.41) is 20.5. The van der Waals surface area contributed by atoms with Crippen LogP contribution in [-0.4, -0.2) is 57.4 Å². The van der Waals surface area contributed by atoms with Gasteiger partial charge in [-0.2, -0.15) is 0 Å². The van der Waals surface area contributed by atoms with Gasteiger partial charge in [-0.05, 0) is 22.3 Å². The van der Waals surface area contributed by atoms with Crippen molar-refractivity contribution in [1.82, 2.24) is 0 Å². The molecular formula is C18H14O4Sr. The van der Waals surface area contributed by atoms with E-state index in [1.165, 1.54) is 24.3 Å². The van der Waals surface area contributed by atoms with Crippen LogP contribution in [0.2, 0.25) is 0 Å². The molecule has 0 aliphatic carbocycles. The van der Waals surface area contributed by atoms with Gasteiger partial charge in [0.05, 0.1) is 11.9 Å². The van der Waals surface area contributed by atoms with Crippen LogP contribution in [0.3, 0.4) is 0 Å². The van der Waals surface area contributed by atoms with E-state index < -0.39 is 11.9 Å². The number of aromatic carboxylic acids is 2. The van der Waals surface area contributed by atoms with Crippen molar-refractivity contribution in [3.63, 3.8) is 0 Å². The molecule has 0 heterocycles. The minimum atomic E-state index is -1.15. The predicted octanol–water partition coefficient (Wildman–Crippen LogP) is 1.01. The van der Waals surface area contributed by atoms with Gasteiger partial charge in [-0.25, -0.2) is 0 Å². The van der Waals surface area contributed by atoms with Crippen molar-refractivity contribution in [2.45, 2.75) is 0 Å². The summed E-state index contributed by atoms with van der Waals surface area (Å²) in [5.41, 5.74) is 2.18. The van der Waals surface area contributed by atoms with E-state index in [0.29, 0.717) is 0 Å². The molecule has 2 rings (SSSR count). The Balaban J connectivity index is 0.000000403. The topological polar surface area (TPSA) is 80.3 Å². The third-order valence-electron chi connectivity index (χ3n) is 2.76. The second-order valence-corrected chi connectivity index (χ2v) is 4.23. The molecule has 5 heteroatoms.